The quantitative estimate of drug-likeness (QED) is 0.611. The minimum Gasteiger partial charge on any atom is -0.393 e. The molecule has 0 aromatic carbocycles. The molecule has 4 atom stereocenters. The number of nitrogens with one attached hydrogen (secondary N) is 1. The Morgan fingerprint density at radius 2 is 1.79 bits per heavy atom. The van der Waals surface area contributed by atoms with Crippen molar-refractivity contribution in [1.29, 1.82) is 0 Å². The van der Waals surface area contributed by atoms with Gasteiger partial charge >= 0.3 is 0 Å². The third-order valence-corrected chi connectivity index (χ3v) is 5.57. The topological polar surface area (TPSA) is 72.7 Å². The van der Waals surface area contributed by atoms with E-state index < -0.39 is 18.3 Å². The van der Waals surface area contributed by atoms with Crippen molar-refractivity contribution >= 4 is 0 Å². The summed E-state index contributed by atoms with van der Waals surface area (Å²) in [5, 5.41) is 34.0. The third-order valence-electron chi connectivity index (χ3n) is 5.57. The summed E-state index contributed by atoms with van der Waals surface area (Å²) in [6, 6.07) is 0. The fraction of sp³-hybridized carbons (Fsp3) is 1.00. The van der Waals surface area contributed by atoms with E-state index in [0.29, 0.717) is 12.5 Å². The van der Waals surface area contributed by atoms with Crippen molar-refractivity contribution in [2.24, 2.45) is 11.8 Å². The normalized spacial score (nSPS) is 40.3. The Hall–Kier alpha value is -0.160. The minimum absolute atomic E-state index is 0.0905. The fourth-order valence-corrected chi connectivity index (χ4v) is 4.26. The Labute approximate surface area is 115 Å². The number of rotatable bonds is 3. The molecule has 2 aliphatic carbocycles. The minimum atomic E-state index is -0.776. The maximum absolute atomic E-state index is 10.6. The van der Waals surface area contributed by atoms with Gasteiger partial charge in [-0.15, -0.1) is 0 Å². The smallest absolute Gasteiger partial charge is 0.0927 e. The van der Waals surface area contributed by atoms with E-state index in [2.05, 4.69) is 5.32 Å². The molecule has 3 aliphatic rings. The Morgan fingerprint density at radius 3 is 2.42 bits per heavy atom. The molecule has 0 aromatic rings. The van der Waals surface area contributed by atoms with Crippen LogP contribution in [0.25, 0.3) is 0 Å². The van der Waals surface area contributed by atoms with Crippen LogP contribution in [0.1, 0.15) is 51.4 Å². The highest BCUT2D eigenvalue weighted by molar-refractivity contribution is 5.14. The summed E-state index contributed by atoms with van der Waals surface area (Å²) < 4.78 is 0. The molecule has 1 heterocycles. The summed E-state index contributed by atoms with van der Waals surface area (Å²) in [7, 11) is 0. The largest absolute Gasteiger partial charge is 0.393 e. The van der Waals surface area contributed by atoms with Crippen LogP contribution in [0.3, 0.4) is 0 Å². The van der Waals surface area contributed by atoms with Gasteiger partial charge in [-0.25, -0.2) is 0 Å². The maximum Gasteiger partial charge on any atom is 0.0927 e. The highest BCUT2D eigenvalue weighted by Crippen LogP contribution is 2.49. The second-order valence-electron chi connectivity index (χ2n) is 6.93. The third kappa shape index (κ3) is 2.68. The zero-order valence-electron chi connectivity index (χ0n) is 11.6. The number of hydrogen-bond acceptors (Lipinski definition) is 4. The Bertz CT molecular complexity index is 313. The molecular weight excluding hydrogens is 242 g/mol. The predicted octanol–water partition coefficient (Wildman–Crippen LogP) is 0.791. The zero-order chi connectivity index (χ0) is 13.5. The second kappa shape index (κ2) is 5.32. The van der Waals surface area contributed by atoms with Crippen LogP contribution < -0.4 is 5.32 Å². The van der Waals surface area contributed by atoms with Crippen LogP contribution in [0.15, 0.2) is 0 Å². The molecule has 0 radical (unpaired) electrons. The van der Waals surface area contributed by atoms with Gasteiger partial charge in [0.1, 0.15) is 0 Å². The first-order valence-corrected chi connectivity index (χ1v) is 7.92. The average molecular weight is 269 g/mol. The lowest BCUT2D eigenvalue weighted by Gasteiger charge is -2.43. The number of aliphatic hydroxyl groups excluding tert-OH is 3. The number of hydrogen-bond donors (Lipinski definition) is 4. The molecule has 3 rings (SSSR count). The standard InChI is InChI=1S/C15H27NO3/c17-11(8-10-4-2-1-3-5-10)13-14(19)12(18)9-16-15(13)6-7-15/h10-14,16-19H,1-9H2/t11?,12-,13-,14+/m1/s1. The molecule has 4 nitrogen and oxygen atoms in total. The highest BCUT2D eigenvalue weighted by atomic mass is 16.3. The second-order valence-corrected chi connectivity index (χ2v) is 6.93. The van der Waals surface area contributed by atoms with E-state index >= 15 is 0 Å². The molecule has 3 fully saturated rings. The monoisotopic (exact) mass is 269 g/mol. The zero-order valence-corrected chi connectivity index (χ0v) is 11.6. The van der Waals surface area contributed by atoms with Gasteiger partial charge in [0.05, 0.1) is 18.3 Å². The first kappa shape index (κ1) is 13.8. The van der Waals surface area contributed by atoms with Gasteiger partial charge in [-0.1, -0.05) is 32.1 Å². The van der Waals surface area contributed by atoms with E-state index in [0.717, 1.165) is 19.3 Å². The van der Waals surface area contributed by atoms with Gasteiger partial charge in [-0.3, -0.25) is 0 Å². The van der Waals surface area contributed by atoms with Crippen LogP contribution in [0, 0.1) is 11.8 Å². The number of aliphatic hydroxyl groups is 3. The van der Waals surface area contributed by atoms with Crippen LogP contribution in [0.2, 0.25) is 0 Å². The summed E-state index contributed by atoms with van der Waals surface area (Å²) in [6.45, 7) is 0.452. The molecular formula is C15H27NO3. The number of β-amino-alcohol motifs (C(OH)–C–C–N with tert-alkyl or cyclic N) is 1. The molecule has 4 N–H and O–H groups in total. The van der Waals surface area contributed by atoms with Crippen molar-refractivity contribution in [3.63, 3.8) is 0 Å². The van der Waals surface area contributed by atoms with Gasteiger partial charge in [-0.2, -0.15) is 0 Å². The van der Waals surface area contributed by atoms with Crippen molar-refractivity contribution in [3.05, 3.63) is 0 Å². The summed E-state index contributed by atoms with van der Waals surface area (Å²) in [4.78, 5) is 0. The lowest BCUT2D eigenvalue weighted by Crippen LogP contribution is -2.61. The summed E-state index contributed by atoms with van der Waals surface area (Å²) in [6.07, 6.45) is 7.12. The molecule has 1 unspecified atom stereocenters. The van der Waals surface area contributed by atoms with E-state index in [1.54, 1.807) is 0 Å². The molecule has 0 bridgehead atoms. The van der Waals surface area contributed by atoms with Crippen LogP contribution in [0.5, 0.6) is 0 Å². The molecule has 0 amide bonds. The van der Waals surface area contributed by atoms with Crippen LogP contribution in [0.4, 0.5) is 0 Å². The van der Waals surface area contributed by atoms with Gasteiger partial charge in [0.2, 0.25) is 0 Å². The van der Waals surface area contributed by atoms with Gasteiger partial charge in [0.15, 0.2) is 0 Å². The van der Waals surface area contributed by atoms with E-state index in [4.69, 9.17) is 0 Å². The maximum atomic E-state index is 10.6. The van der Waals surface area contributed by atoms with E-state index in [1.165, 1.54) is 32.1 Å². The fourth-order valence-electron chi connectivity index (χ4n) is 4.26. The van der Waals surface area contributed by atoms with E-state index in [9.17, 15) is 15.3 Å². The van der Waals surface area contributed by atoms with Crippen molar-refractivity contribution in [3.8, 4) is 0 Å². The predicted molar refractivity (Wildman–Crippen MR) is 72.7 cm³/mol. The lowest BCUT2D eigenvalue weighted by atomic mass is 9.75. The summed E-state index contributed by atoms with van der Waals surface area (Å²) in [5.41, 5.74) is -0.0905. The van der Waals surface area contributed by atoms with Gasteiger partial charge in [-0.05, 0) is 25.2 Å². The van der Waals surface area contributed by atoms with Crippen molar-refractivity contribution in [2.75, 3.05) is 6.54 Å². The summed E-state index contributed by atoms with van der Waals surface area (Å²) in [5.74, 6) is 0.406. The SMILES string of the molecule is OC(CC1CCCCC1)[C@@H]1[C@@H](O)[C@H](O)CNC12CC2. The first-order valence-electron chi connectivity index (χ1n) is 7.92. The van der Waals surface area contributed by atoms with E-state index in [-0.39, 0.29) is 11.5 Å². The van der Waals surface area contributed by atoms with Crippen LogP contribution in [-0.4, -0.2) is 45.7 Å². The first-order chi connectivity index (χ1) is 9.12. The summed E-state index contributed by atoms with van der Waals surface area (Å²) >= 11 is 0. The Morgan fingerprint density at radius 1 is 1.11 bits per heavy atom. The molecule has 19 heavy (non-hydrogen) atoms. The van der Waals surface area contributed by atoms with Crippen molar-refractivity contribution in [2.45, 2.75) is 75.2 Å². The molecule has 4 heteroatoms. The highest BCUT2D eigenvalue weighted by Gasteiger charge is 2.58. The molecule has 1 spiro atoms. The van der Waals surface area contributed by atoms with Crippen molar-refractivity contribution in [1.82, 2.24) is 5.32 Å². The average Bonchev–Trinajstić information content (AvgIpc) is 3.16. The van der Waals surface area contributed by atoms with Gasteiger partial charge in [0.25, 0.3) is 0 Å². The molecule has 0 aromatic heterocycles. The Balaban J connectivity index is 1.64. The molecule has 1 aliphatic heterocycles. The van der Waals surface area contributed by atoms with Crippen LogP contribution >= 0.6 is 0 Å². The molecule has 1 saturated heterocycles. The lowest BCUT2D eigenvalue weighted by molar-refractivity contribution is -0.103. The van der Waals surface area contributed by atoms with Crippen molar-refractivity contribution < 1.29 is 15.3 Å². The molecule has 110 valence electrons. The van der Waals surface area contributed by atoms with Crippen LogP contribution in [-0.2, 0) is 0 Å². The van der Waals surface area contributed by atoms with E-state index in [1.807, 2.05) is 0 Å². The number of piperidine rings is 1. The van der Waals surface area contributed by atoms with Gasteiger partial charge in [0, 0.05) is 18.0 Å². The Kier molecular flexibility index (Phi) is 3.87. The van der Waals surface area contributed by atoms with Gasteiger partial charge < -0.3 is 20.6 Å². The molecule has 2 saturated carbocycles.